The summed E-state index contributed by atoms with van der Waals surface area (Å²) in [4.78, 5) is 1.67. The van der Waals surface area contributed by atoms with Gasteiger partial charge in [0.25, 0.3) is 0 Å². The van der Waals surface area contributed by atoms with E-state index in [4.69, 9.17) is 18.0 Å². The quantitative estimate of drug-likeness (QED) is 0.816. The van der Waals surface area contributed by atoms with Gasteiger partial charge in [-0.15, -0.1) is 0 Å². The van der Waals surface area contributed by atoms with Gasteiger partial charge in [0.2, 0.25) is 0 Å². The van der Waals surface area contributed by atoms with E-state index in [1.165, 1.54) is 4.90 Å². The average Bonchev–Trinajstić information content (AvgIpc) is 2.27. The van der Waals surface area contributed by atoms with Crippen LogP contribution in [0.5, 0.6) is 0 Å². The van der Waals surface area contributed by atoms with E-state index in [0.717, 1.165) is 11.1 Å². The van der Waals surface area contributed by atoms with Crippen molar-refractivity contribution in [2.24, 2.45) is 5.73 Å². The summed E-state index contributed by atoms with van der Waals surface area (Å²) >= 11 is 4.83. The van der Waals surface area contributed by atoms with Gasteiger partial charge in [0, 0.05) is 12.1 Å². The first-order chi connectivity index (χ1) is 8.81. The molecule has 0 heterocycles. The fourth-order valence-corrected chi connectivity index (χ4v) is 1.95. The van der Waals surface area contributed by atoms with Crippen LogP contribution in [0.1, 0.15) is 24.5 Å². The van der Waals surface area contributed by atoms with Crippen LogP contribution in [0.3, 0.4) is 0 Å². The molecule has 0 atom stereocenters. The number of nitrogens with zero attached hydrogens (tertiary/aromatic N) is 1. The zero-order chi connectivity index (χ0) is 14.5. The minimum atomic E-state index is -4.17. The standard InChI is InChI=1S/C13H17F3N2S/c1-2-7-18(9-13(14,15)16)8-10-3-5-11(6-4-10)12(17)19/h3-6H,2,7-9H2,1H3,(H2,17,19). The lowest BCUT2D eigenvalue weighted by Gasteiger charge is -2.23. The van der Waals surface area contributed by atoms with Gasteiger partial charge in [-0.2, -0.15) is 13.2 Å². The van der Waals surface area contributed by atoms with Crippen molar-refractivity contribution in [1.82, 2.24) is 4.90 Å². The van der Waals surface area contributed by atoms with E-state index in [9.17, 15) is 13.2 Å². The zero-order valence-corrected chi connectivity index (χ0v) is 11.5. The third kappa shape index (κ3) is 6.02. The molecule has 106 valence electrons. The molecule has 0 aliphatic heterocycles. The first-order valence-corrected chi connectivity index (χ1v) is 6.40. The van der Waals surface area contributed by atoms with Crippen molar-refractivity contribution in [2.45, 2.75) is 26.1 Å². The molecule has 0 unspecified atom stereocenters. The second kappa shape index (κ2) is 6.86. The van der Waals surface area contributed by atoms with Crippen LogP contribution in [0.25, 0.3) is 0 Å². The van der Waals surface area contributed by atoms with Gasteiger partial charge in [-0.05, 0) is 18.5 Å². The molecule has 1 rings (SSSR count). The van der Waals surface area contributed by atoms with E-state index in [2.05, 4.69) is 0 Å². The molecule has 6 heteroatoms. The molecule has 0 aliphatic carbocycles. The average molecular weight is 290 g/mol. The number of thiocarbonyl (C=S) groups is 1. The monoisotopic (exact) mass is 290 g/mol. The van der Waals surface area contributed by atoms with Gasteiger partial charge in [-0.3, -0.25) is 4.90 Å². The van der Waals surface area contributed by atoms with Crippen molar-refractivity contribution < 1.29 is 13.2 Å². The van der Waals surface area contributed by atoms with E-state index in [1.54, 1.807) is 24.3 Å². The molecule has 2 nitrogen and oxygen atoms in total. The van der Waals surface area contributed by atoms with E-state index >= 15 is 0 Å². The van der Waals surface area contributed by atoms with Gasteiger partial charge in [0.05, 0.1) is 6.54 Å². The summed E-state index contributed by atoms with van der Waals surface area (Å²) in [6.45, 7) is 1.65. The predicted octanol–water partition coefficient (Wildman–Crippen LogP) is 3.10. The molecule has 0 amide bonds. The molecule has 1 aromatic carbocycles. The fraction of sp³-hybridized carbons (Fsp3) is 0.462. The van der Waals surface area contributed by atoms with Crippen LogP contribution in [0.2, 0.25) is 0 Å². The first kappa shape index (κ1) is 15.9. The SMILES string of the molecule is CCCN(Cc1ccc(C(N)=S)cc1)CC(F)(F)F. The second-order valence-corrected chi connectivity index (χ2v) is 4.83. The number of hydrogen-bond acceptors (Lipinski definition) is 2. The van der Waals surface area contributed by atoms with Crippen LogP contribution in [0.4, 0.5) is 13.2 Å². The Morgan fingerprint density at radius 1 is 1.26 bits per heavy atom. The lowest BCUT2D eigenvalue weighted by molar-refractivity contribution is -0.147. The van der Waals surface area contributed by atoms with Crippen LogP contribution in [-0.4, -0.2) is 29.2 Å². The maximum Gasteiger partial charge on any atom is 0.401 e. The number of alkyl halides is 3. The molecule has 0 radical (unpaired) electrons. The Morgan fingerprint density at radius 3 is 2.26 bits per heavy atom. The van der Waals surface area contributed by atoms with Crippen molar-refractivity contribution in [3.63, 3.8) is 0 Å². The third-order valence-corrected chi connectivity index (χ3v) is 2.82. The summed E-state index contributed by atoms with van der Waals surface area (Å²) in [6, 6.07) is 6.98. The van der Waals surface area contributed by atoms with E-state index in [-0.39, 0.29) is 11.5 Å². The second-order valence-electron chi connectivity index (χ2n) is 4.39. The predicted molar refractivity (Wildman–Crippen MR) is 74.0 cm³/mol. The minimum Gasteiger partial charge on any atom is -0.389 e. The fourth-order valence-electron chi connectivity index (χ4n) is 1.82. The Hall–Kier alpha value is -1.14. The van der Waals surface area contributed by atoms with E-state index in [1.807, 2.05) is 6.92 Å². The van der Waals surface area contributed by atoms with E-state index < -0.39 is 12.7 Å². The van der Waals surface area contributed by atoms with E-state index in [0.29, 0.717) is 13.0 Å². The zero-order valence-electron chi connectivity index (χ0n) is 10.7. The van der Waals surface area contributed by atoms with Gasteiger partial charge >= 0.3 is 6.18 Å². The molecular formula is C13H17F3N2S. The van der Waals surface area contributed by atoms with Crippen LogP contribution < -0.4 is 5.73 Å². The Bertz CT molecular complexity index is 415. The smallest absolute Gasteiger partial charge is 0.389 e. The summed E-state index contributed by atoms with van der Waals surface area (Å²) in [5, 5.41) is 0. The number of halogens is 3. The van der Waals surface area contributed by atoms with Crippen LogP contribution in [-0.2, 0) is 6.54 Å². The Morgan fingerprint density at radius 2 is 1.84 bits per heavy atom. The van der Waals surface area contributed by atoms with Crippen molar-refractivity contribution in [3.8, 4) is 0 Å². The van der Waals surface area contributed by atoms with Gasteiger partial charge in [0.1, 0.15) is 4.99 Å². The summed E-state index contributed by atoms with van der Waals surface area (Å²) in [5.74, 6) is 0. The summed E-state index contributed by atoms with van der Waals surface area (Å²) in [7, 11) is 0. The number of nitrogens with two attached hydrogens (primary N) is 1. The van der Waals surface area contributed by atoms with Gasteiger partial charge in [-0.25, -0.2) is 0 Å². The highest BCUT2D eigenvalue weighted by atomic mass is 32.1. The maximum atomic E-state index is 12.4. The van der Waals surface area contributed by atoms with Crippen LogP contribution in [0, 0.1) is 0 Å². The van der Waals surface area contributed by atoms with Gasteiger partial charge in [0.15, 0.2) is 0 Å². The van der Waals surface area contributed by atoms with Crippen LogP contribution in [0.15, 0.2) is 24.3 Å². The first-order valence-electron chi connectivity index (χ1n) is 5.99. The van der Waals surface area contributed by atoms with Crippen LogP contribution >= 0.6 is 12.2 Å². The molecule has 0 saturated carbocycles. The lowest BCUT2D eigenvalue weighted by Crippen LogP contribution is -2.34. The molecule has 0 spiro atoms. The number of benzene rings is 1. The maximum absolute atomic E-state index is 12.4. The minimum absolute atomic E-state index is 0.269. The molecule has 1 aromatic rings. The summed E-state index contributed by atoms with van der Waals surface area (Å²) < 4.78 is 37.3. The van der Waals surface area contributed by atoms with Gasteiger partial charge in [-0.1, -0.05) is 43.4 Å². The van der Waals surface area contributed by atoms with Crippen molar-refractivity contribution in [2.75, 3.05) is 13.1 Å². The molecule has 0 aliphatic rings. The molecule has 0 fully saturated rings. The highest BCUT2D eigenvalue weighted by molar-refractivity contribution is 7.80. The lowest BCUT2D eigenvalue weighted by atomic mass is 10.1. The van der Waals surface area contributed by atoms with Crippen molar-refractivity contribution >= 4 is 17.2 Å². The number of rotatable bonds is 6. The Labute approximate surface area is 116 Å². The Kier molecular flexibility index (Phi) is 5.75. The summed E-state index contributed by atoms with van der Waals surface area (Å²) in [6.07, 6.45) is -3.49. The Balaban J connectivity index is 2.70. The molecule has 0 saturated heterocycles. The molecule has 0 aromatic heterocycles. The van der Waals surface area contributed by atoms with Crippen molar-refractivity contribution in [3.05, 3.63) is 35.4 Å². The molecular weight excluding hydrogens is 273 g/mol. The van der Waals surface area contributed by atoms with Gasteiger partial charge < -0.3 is 5.73 Å². The highest BCUT2D eigenvalue weighted by Crippen LogP contribution is 2.18. The highest BCUT2D eigenvalue weighted by Gasteiger charge is 2.30. The topological polar surface area (TPSA) is 29.3 Å². The molecule has 0 bridgehead atoms. The molecule has 19 heavy (non-hydrogen) atoms. The largest absolute Gasteiger partial charge is 0.401 e. The summed E-state index contributed by atoms with van der Waals surface area (Å²) in [5.41, 5.74) is 7.00. The normalized spacial score (nSPS) is 11.8. The van der Waals surface area contributed by atoms with Crippen molar-refractivity contribution in [1.29, 1.82) is 0 Å². The number of hydrogen-bond donors (Lipinski definition) is 1. The third-order valence-electron chi connectivity index (χ3n) is 2.59. The molecule has 2 N–H and O–H groups in total.